The summed E-state index contributed by atoms with van der Waals surface area (Å²) < 4.78 is 0. The first-order chi connectivity index (χ1) is 19.3. The third-order valence-electron chi connectivity index (χ3n) is 7.90. The molecule has 0 nitrogen and oxygen atoms in total. The second-order valence-corrected chi connectivity index (χ2v) is 11.2. The predicted molar refractivity (Wildman–Crippen MR) is 167 cm³/mol. The summed E-state index contributed by atoms with van der Waals surface area (Å²) in [5, 5.41) is 5.20. The maximum Gasteiger partial charge on any atom is 0.0207 e. The molecule has 39 heavy (non-hydrogen) atoms. The van der Waals surface area contributed by atoms with Crippen LogP contribution in [0.15, 0.2) is 155 Å². The Bertz CT molecular complexity index is 2030. The maximum atomic E-state index is 2.39. The number of benzene rings is 7. The molecule has 1 heterocycles. The lowest BCUT2D eigenvalue weighted by atomic mass is 9.86. The Hall–Kier alpha value is -4.59. The Morgan fingerprint density at radius 1 is 0.333 bits per heavy atom. The summed E-state index contributed by atoms with van der Waals surface area (Å²) in [6.45, 7) is 0. The minimum absolute atomic E-state index is 1.23. The van der Waals surface area contributed by atoms with E-state index < -0.39 is 0 Å². The summed E-state index contributed by atoms with van der Waals surface area (Å²) in [7, 11) is 0. The van der Waals surface area contributed by atoms with Crippen LogP contribution in [-0.4, -0.2) is 0 Å². The molecule has 1 heteroatoms. The number of hydrogen-bond acceptors (Lipinski definition) is 1. The fourth-order valence-corrected chi connectivity index (χ4v) is 7.22. The van der Waals surface area contributed by atoms with E-state index in [0.29, 0.717) is 0 Å². The van der Waals surface area contributed by atoms with Crippen molar-refractivity contribution in [3.8, 4) is 44.5 Å². The molecule has 0 radical (unpaired) electrons. The fourth-order valence-electron chi connectivity index (χ4n) is 6.09. The van der Waals surface area contributed by atoms with Gasteiger partial charge in [-0.2, -0.15) is 0 Å². The Morgan fingerprint density at radius 2 is 1.00 bits per heavy atom. The lowest BCUT2D eigenvalue weighted by molar-refractivity contribution is 1.40. The number of fused-ring (bicyclic) bond motifs is 3. The summed E-state index contributed by atoms with van der Waals surface area (Å²) >= 11 is 1.88. The smallest absolute Gasteiger partial charge is 0.0207 e. The highest BCUT2D eigenvalue weighted by Crippen LogP contribution is 2.50. The zero-order valence-electron chi connectivity index (χ0n) is 21.3. The molecule has 182 valence electrons. The van der Waals surface area contributed by atoms with Gasteiger partial charge in [0, 0.05) is 15.2 Å². The van der Waals surface area contributed by atoms with Gasteiger partial charge in [0.25, 0.3) is 0 Å². The van der Waals surface area contributed by atoms with Crippen LogP contribution in [0.4, 0.5) is 0 Å². The van der Waals surface area contributed by atoms with Crippen molar-refractivity contribution in [2.24, 2.45) is 0 Å². The first-order valence-corrected chi connectivity index (χ1v) is 14.2. The van der Waals surface area contributed by atoms with E-state index >= 15 is 0 Å². The minimum Gasteiger partial charge on any atom is -0.0888 e. The molecule has 0 saturated carbocycles. The summed E-state index contributed by atoms with van der Waals surface area (Å²) in [6, 6.07) is 53.3. The van der Waals surface area contributed by atoms with Gasteiger partial charge in [-0.1, -0.05) is 139 Å². The van der Waals surface area contributed by atoms with E-state index in [4.69, 9.17) is 0 Å². The molecule has 0 aliphatic carbocycles. The second kappa shape index (κ2) is 9.01. The van der Waals surface area contributed by atoms with E-state index in [9.17, 15) is 0 Å². The van der Waals surface area contributed by atoms with Crippen LogP contribution in [0.1, 0.15) is 0 Å². The molecule has 0 saturated heterocycles. The van der Waals surface area contributed by atoms with Gasteiger partial charge in [-0.3, -0.25) is 0 Å². The minimum atomic E-state index is 1.23. The SMILES string of the molecule is c1ccc(-c2ccc(-c3cccc4ccccc34)c(-c3ccc4c5c(cccc35)-c3ccccc3S4)c2)cc1. The van der Waals surface area contributed by atoms with E-state index in [-0.39, 0.29) is 0 Å². The quantitative estimate of drug-likeness (QED) is 0.227. The van der Waals surface area contributed by atoms with E-state index in [1.807, 2.05) is 11.8 Å². The monoisotopic (exact) mass is 512 g/mol. The van der Waals surface area contributed by atoms with Crippen LogP contribution in [-0.2, 0) is 0 Å². The van der Waals surface area contributed by atoms with Crippen LogP contribution >= 0.6 is 11.8 Å². The molecule has 0 N–H and O–H groups in total. The fraction of sp³-hybridized carbons (Fsp3) is 0. The molecule has 1 aliphatic heterocycles. The molecule has 7 aromatic rings. The maximum absolute atomic E-state index is 2.39. The van der Waals surface area contributed by atoms with Gasteiger partial charge >= 0.3 is 0 Å². The summed E-state index contributed by atoms with van der Waals surface area (Å²) in [5.74, 6) is 0. The van der Waals surface area contributed by atoms with Crippen LogP contribution < -0.4 is 0 Å². The summed E-state index contributed by atoms with van der Waals surface area (Å²) in [6.07, 6.45) is 0. The van der Waals surface area contributed by atoms with E-state index in [2.05, 4.69) is 146 Å². The Balaban J connectivity index is 1.44. The van der Waals surface area contributed by atoms with Gasteiger partial charge in [0.2, 0.25) is 0 Å². The van der Waals surface area contributed by atoms with Crippen LogP contribution in [0.5, 0.6) is 0 Å². The van der Waals surface area contributed by atoms with Gasteiger partial charge in [0.15, 0.2) is 0 Å². The molecular formula is C38H24S. The van der Waals surface area contributed by atoms with E-state index in [1.165, 1.54) is 75.8 Å². The molecule has 0 aromatic heterocycles. The largest absolute Gasteiger partial charge is 0.0888 e. The Labute approximate surface area is 232 Å². The molecule has 0 bridgehead atoms. The normalized spacial score (nSPS) is 12.0. The molecule has 7 aromatic carbocycles. The predicted octanol–water partition coefficient (Wildman–Crippen LogP) is 11.1. The van der Waals surface area contributed by atoms with Crippen molar-refractivity contribution in [3.05, 3.63) is 146 Å². The molecule has 0 amide bonds. The molecule has 8 rings (SSSR count). The standard InChI is InChI=1S/C38H24S/c1-2-10-25(11-3-1)27-20-21-30(29-16-8-13-26-12-4-5-14-28(26)29)35(24-27)31-22-23-37-38-33(31)17-9-18-34(38)32-15-6-7-19-36(32)39-37/h1-24H. The van der Waals surface area contributed by atoms with Crippen LogP contribution in [0, 0.1) is 0 Å². The molecular weight excluding hydrogens is 488 g/mol. The summed E-state index contributed by atoms with van der Waals surface area (Å²) in [4.78, 5) is 2.65. The highest BCUT2D eigenvalue weighted by molar-refractivity contribution is 7.99. The van der Waals surface area contributed by atoms with Crippen molar-refractivity contribution in [3.63, 3.8) is 0 Å². The zero-order valence-corrected chi connectivity index (χ0v) is 22.1. The lowest BCUT2D eigenvalue weighted by Crippen LogP contribution is -1.95. The number of rotatable bonds is 3. The third kappa shape index (κ3) is 3.62. The molecule has 0 spiro atoms. The van der Waals surface area contributed by atoms with Crippen molar-refractivity contribution < 1.29 is 0 Å². The Kier molecular flexibility index (Phi) is 5.17. The van der Waals surface area contributed by atoms with E-state index in [0.717, 1.165) is 0 Å². The van der Waals surface area contributed by atoms with Crippen molar-refractivity contribution in [2.45, 2.75) is 9.79 Å². The average molecular weight is 513 g/mol. The highest BCUT2D eigenvalue weighted by Gasteiger charge is 2.22. The third-order valence-corrected chi connectivity index (χ3v) is 9.03. The molecule has 0 fully saturated rings. The second-order valence-electron chi connectivity index (χ2n) is 10.1. The zero-order chi connectivity index (χ0) is 25.8. The first kappa shape index (κ1) is 22.4. The van der Waals surface area contributed by atoms with Gasteiger partial charge in [-0.05, 0) is 78.9 Å². The van der Waals surface area contributed by atoms with Gasteiger partial charge in [-0.15, -0.1) is 0 Å². The molecule has 0 unspecified atom stereocenters. The van der Waals surface area contributed by atoms with Crippen molar-refractivity contribution in [1.29, 1.82) is 0 Å². The highest BCUT2D eigenvalue weighted by atomic mass is 32.2. The van der Waals surface area contributed by atoms with Gasteiger partial charge in [0.1, 0.15) is 0 Å². The van der Waals surface area contributed by atoms with Crippen molar-refractivity contribution in [2.75, 3.05) is 0 Å². The van der Waals surface area contributed by atoms with Crippen LogP contribution in [0.25, 0.3) is 66.1 Å². The van der Waals surface area contributed by atoms with Gasteiger partial charge in [-0.25, -0.2) is 0 Å². The average Bonchev–Trinajstić information content (AvgIpc) is 3.01. The Morgan fingerprint density at radius 3 is 1.95 bits per heavy atom. The first-order valence-electron chi connectivity index (χ1n) is 13.4. The van der Waals surface area contributed by atoms with Gasteiger partial charge < -0.3 is 0 Å². The topological polar surface area (TPSA) is 0 Å². The van der Waals surface area contributed by atoms with Gasteiger partial charge in [0.05, 0.1) is 0 Å². The number of hydrogen-bond donors (Lipinski definition) is 0. The van der Waals surface area contributed by atoms with Crippen LogP contribution in [0.3, 0.4) is 0 Å². The molecule has 1 aliphatic rings. The van der Waals surface area contributed by atoms with Crippen molar-refractivity contribution in [1.82, 2.24) is 0 Å². The molecule has 0 atom stereocenters. The van der Waals surface area contributed by atoms with Crippen molar-refractivity contribution >= 4 is 33.3 Å². The summed E-state index contributed by atoms with van der Waals surface area (Å²) in [5.41, 5.74) is 10.2. The lowest BCUT2D eigenvalue weighted by Gasteiger charge is -2.23. The van der Waals surface area contributed by atoms with E-state index in [1.54, 1.807) is 0 Å². The van der Waals surface area contributed by atoms with Crippen LogP contribution in [0.2, 0.25) is 0 Å².